The van der Waals surface area contributed by atoms with Gasteiger partial charge in [0.1, 0.15) is 0 Å². The molecule has 0 spiro atoms. The molecule has 0 radical (unpaired) electrons. The Hall–Kier alpha value is -1.95. The molecule has 3 rings (SSSR count). The van der Waals surface area contributed by atoms with Crippen molar-refractivity contribution < 1.29 is 19.4 Å². The number of likely N-dealkylation sites (tertiary alicyclic amines) is 1. The first kappa shape index (κ1) is 21.8. The van der Waals surface area contributed by atoms with E-state index >= 15 is 0 Å². The van der Waals surface area contributed by atoms with Crippen molar-refractivity contribution in [3.05, 3.63) is 57.6 Å². The van der Waals surface area contributed by atoms with Gasteiger partial charge in [-0.1, -0.05) is 41.4 Å². The zero-order chi connectivity index (χ0) is 21.0. The summed E-state index contributed by atoms with van der Waals surface area (Å²) in [6.45, 7) is 3.64. The molecule has 1 heterocycles. The summed E-state index contributed by atoms with van der Waals surface area (Å²) < 4.78 is 11.2. The molecule has 1 aliphatic rings. The van der Waals surface area contributed by atoms with E-state index < -0.39 is 11.9 Å². The molecule has 0 saturated carbocycles. The minimum Gasteiger partial charge on any atom is -0.493 e. The largest absolute Gasteiger partial charge is 0.493 e. The standard InChI is InChI=1S/C22H25Cl2NO4/c1-3-29-19-12-14(9-10-18(19)28-2)21(16-7-4-8-17(23)20(16)24)25-11-5-6-15(13-25)22(26)27/h4,7-10,12,15,21H,3,5-6,11,13H2,1-2H3,(H,26,27). The number of rotatable bonds is 7. The Morgan fingerprint density at radius 1 is 1.28 bits per heavy atom. The van der Waals surface area contributed by atoms with E-state index in [2.05, 4.69) is 4.90 Å². The molecule has 0 amide bonds. The van der Waals surface area contributed by atoms with Crippen molar-refractivity contribution in [2.75, 3.05) is 26.8 Å². The van der Waals surface area contributed by atoms with Crippen molar-refractivity contribution in [1.82, 2.24) is 4.90 Å². The number of hydrogen-bond acceptors (Lipinski definition) is 4. The van der Waals surface area contributed by atoms with Gasteiger partial charge in [0.2, 0.25) is 0 Å². The number of carbonyl (C=O) groups is 1. The molecule has 2 aromatic rings. The minimum atomic E-state index is -0.768. The third-order valence-corrected chi connectivity index (χ3v) is 6.08. The van der Waals surface area contributed by atoms with E-state index in [9.17, 15) is 9.90 Å². The Morgan fingerprint density at radius 2 is 2.07 bits per heavy atom. The number of aliphatic carboxylic acids is 1. The maximum absolute atomic E-state index is 11.6. The Bertz CT molecular complexity index is 874. The molecule has 0 bridgehead atoms. The van der Waals surface area contributed by atoms with Gasteiger partial charge >= 0.3 is 5.97 Å². The van der Waals surface area contributed by atoms with Crippen LogP contribution in [-0.4, -0.2) is 42.8 Å². The van der Waals surface area contributed by atoms with Gasteiger partial charge in [-0.05, 0) is 55.6 Å². The SMILES string of the molecule is CCOc1cc(C(c2cccc(Cl)c2Cl)N2CCCC(C(=O)O)C2)ccc1OC. The zero-order valence-electron chi connectivity index (χ0n) is 16.5. The van der Waals surface area contributed by atoms with E-state index in [0.29, 0.717) is 41.1 Å². The molecule has 1 aliphatic heterocycles. The predicted octanol–water partition coefficient (Wildman–Crippen LogP) is 5.29. The van der Waals surface area contributed by atoms with Gasteiger partial charge < -0.3 is 14.6 Å². The Kier molecular flexibility index (Phi) is 7.28. The van der Waals surface area contributed by atoms with E-state index in [1.807, 2.05) is 37.3 Å². The predicted molar refractivity (Wildman–Crippen MR) is 114 cm³/mol. The van der Waals surface area contributed by atoms with Crippen LogP contribution in [0.5, 0.6) is 11.5 Å². The molecular weight excluding hydrogens is 413 g/mol. The minimum absolute atomic E-state index is 0.242. The van der Waals surface area contributed by atoms with Gasteiger partial charge in [0, 0.05) is 6.54 Å². The van der Waals surface area contributed by atoms with Gasteiger partial charge in [0.15, 0.2) is 11.5 Å². The van der Waals surface area contributed by atoms with Gasteiger partial charge in [-0.3, -0.25) is 9.69 Å². The molecule has 5 nitrogen and oxygen atoms in total. The third kappa shape index (κ3) is 4.80. The maximum Gasteiger partial charge on any atom is 0.307 e. The van der Waals surface area contributed by atoms with Crippen LogP contribution in [0.25, 0.3) is 0 Å². The van der Waals surface area contributed by atoms with Crippen LogP contribution in [0.15, 0.2) is 36.4 Å². The fourth-order valence-electron chi connectivity index (χ4n) is 3.89. The molecule has 1 N–H and O–H groups in total. The topological polar surface area (TPSA) is 59.0 Å². The van der Waals surface area contributed by atoms with Gasteiger partial charge in [-0.25, -0.2) is 0 Å². The van der Waals surface area contributed by atoms with Crippen molar-refractivity contribution >= 4 is 29.2 Å². The first-order valence-electron chi connectivity index (χ1n) is 9.67. The molecule has 156 valence electrons. The number of hydrogen-bond donors (Lipinski definition) is 1. The first-order chi connectivity index (χ1) is 14.0. The highest BCUT2D eigenvalue weighted by molar-refractivity contribution is 6.42. The summed E-state index contributed by atoms with van der Waals surface area (Å²) in [6.07, 6.45) is 1.48. The average Bonchev–Trinajstić information content (AvgIpc) is 2.72. The lowest BCUT2D eigenvalue weighted by molar-refractivity contribution is -0.143. The second-order valence-electron chi connectivity index (χ2n) is 7.06. The van der Waals surface area contributed by atoms with Gasteiger partial charge in [-0.15, -0.1) is 0 Å². The molecular formula is C22H25Cl2NO4. The lowest BCUT2D eigenvalue weighted by Crippen LogP contribution is -2.41. The Labute approximate surface area is 181 Å². The van der Waals surface area contributed by atoms with Crippen LogP contribution in [0.1, 0.15) is 36.9 Å². The van der Waals surface area contributed by atoms with Gasteiger partial charge in [-0.2, -0.15) is 0 Å². The highest BCUT2D eigenvalue weighted by Crippen LogP contribution is 2.41. The van der Waals surface area contributed by atoms with E-state index in [0.717, 1.165) is 24.1 Å². The Balaban J connectivity index is 2.09. The first-order valence-corrected chi connectivity index (χ1v) is 10.4. The van der Waals surface area contributed by atoms with Crippen LogP contribution >= 0.6 is 23.2 Å². The van der Waals surface area contributed by atoms with Crippen LogP contribution in [0.4, 0.5) is 0 Å². The second kappa shape index (κ2) is 9.70. The van der Waals surface area contributed by atoms with Crippen molar-refractivity contribution in [3.63, 3.8) is 0 Å². The van der Waals surface area contributed by atoms with Crippen LogP contribution < -0.4 is 9.47 Å². The molecule has 1 saturated heterocycles. The second-order valence-corrected chi connectivity index (χ2v) is 7.85. The van der Waals surface area contributed by atoms with Gasteiger partial charge in [0.05, 0.1) is 35.7 Å². The zero-order valence-corrected chi connectivity index (χ0v) is 18.0. The molecule has 2 atom stereocenters. The smallest absolute Gasteiger partial charge is 0.307 e. The number of piperidine rings is 1. The number of benzene rings is 2. The van der Waals surface area contributed by atoms with Crippen molar-refractivity contribution in [1.29, 1.82) is 0 Å². The van der Waals surface area contributed by atoms with E-state index in [4.69, 9.17) is 32.7 Å². The third-order valence-electron chi connectivity index (χ3n) is 5.25. The van der Waals surface area contributed by atoms with Crippen molar-refractivity contribution in [3.8, 4) is 11.5 Å². The normalized spacial score (nSPS) is 18.3. The van der Waals surface area contributed by atoms with Crippen LogP contribution in [-0.2, 0) is 4.79 Å². The van der Waals surface area contributed by atoms with Crippen molar-refractivity contribution in [2.24, 2.45) is 5.92 Å². The number of halogens is 2. The van der Waals surface area contributed by atoms with Crippen LogP contribution in [0, 0.1) is 5.92 Å². The lowest BCUT2D eigenvalue weighted by atomic mass is 9.91. The van der Waals surface area contributed by atoms with Crippen LogP contribution in [0.2, 0.25) is 10.0 Å². The van der Waals surface area contributed by atoms with E-state index in [-0.39, 0.29) is 6.04 Å². The monoisotopic (exact) mass is 437 g/mol. The van der Waals surface area contributed by atoms with E-state index in [1.165, 1.54) is 0 Å². The molecule has 2 unspecified atom stereocenters. The van der Waals surface area contributed by atoms with Crippen molar-refractivity contribution in [2.45, 2.75) is 25.8 Å². The maximum atomic E-state index is 11.6. The highest BCUT2D eigenvalue weighted by atomic mass is 35.5. The molecule has 7 heteroatoms. The molecule has 1 fully saturated rings. The summed E-state index contributed by atoms with van der Waals surface area (Å²) >= 11 is 12.9. The summed E-state index contributed by atoms with van der Waals surface area (Å²) in [5, 5.41) is 10.5. The van der Waals surface area contributed by atoms with Crippen LogP contribution in [0.3, 0.4) is 0 Å². The summed E-state index contributed by atoms with van der Waals surface area (Å²) in [5.74, 6) is 0.111. The summed E-state index contributed by atoms with van der Waals surface area (Å²) in [6, 6.07) is 11.1. The molecule has 2 aromatic carbocycles. The highest BCUT2D eigenvalue weighted by Gasteiger charge is 2.33. The number of methoxy groups -OCH3 is 1. The average molecular weight is 438 g/mol. The summed E-state index contributed by atoms with van der Waals surface area (Å²) in [7, 11) is 1.60. The molecule has 29 heavy (non-hydrogen) atoms. The number of carboxylic acids is 1. The molecule has 0 aliphatic carbocycles. The summed E-state index contributed by atoms with van der Waals surface area (Å²) in [5.41, 5.74) is 1.79. The van der Waals surface area contributed by atoms with E-state index in [1.54, 1.807) is 13.2 Å². The number of nitrogens with zero attached hydrogens (tertiary/aromatic N) is 1. The summed E-state index contributed by atoms with van der Waals surface area (Å²) in [4.78, 5) is 13.8. The number of ether oxygens (including phenoxy) is 2. The van der Waals surface area contributed by atoms with Gasteiger partial charge in [0.25, 0.3) is 0 Å². The fourth-order valence-corrected chi connectivity index (χ4v) is 4.30. The quantitative estimate of drug-likeness (QED) is 0.637. The molecule has 0 aromatic heterocycles. The number of carboxylic acid groups (broad SMARTS) is 1. The Morgan fingerprint density at radius 3 is 2.76 bits per heavy atom. The fraction of sp³-hybridized carbons (Fsp3) is 0.409. The lowest BCUT2D eigenvalue weighted by Gasteiger charge is -2.38.